The van der Waals surface area contributed by atoms with Crippen LogP contribution in [0.25, 0.3) is 11.4 Å². The Hall–Kier alpha value is -3.46. The summed E-state index contributed by atoms with van der Waals surface area (Å²) in [6, 6.07) is 7.17. The van der Waals surface area contributed by atoms with Crippen LogP contribution in [0.4, 0.5) is 5.69 Å². The summed E-state index contributed by atoms with van der Waals surface area (Å²) in [7, 11) is 1.59. The maximum Gasteiger partial charge on any atom is 0.355 e. The van der Waals surface area contributed by atoms with Crippen molar-refractivity contribution in [1.29, 1.82) is 0 Å². The summed E-state index contributed by atoms with van der Waals surface area (Å²) >= 11 is 0. The number of aryl methyl sites for hydroxylation is 1. The van der Waals surface area contributed by atoms with E-state index >= 15 is 0 Å². The molecule has 3 rings (SSSR count). The van der Waals surface area contributed by atoms with E-state index in [1.165, 1.54) is 0 Å². The second-order valence-corrected chi connectivity index (χ2v) is 6.42. The molecule has 0 aliphatic carbocycles. The Morgan fingerprint density at radius 3 is 2.55 bits per heavy atom. The summed E-state index contributed by atoms with van der Waals surface area (Å²) in [5.41, 5.74) is 3.30. The van der Waals surface area contributed by atoms with Crippen LogP contribution in [0.15, 0.2) is 24.3 Å². The van der Waals surface area contributed by atoms with Crippen LogP contribution in [0, 0.1) is 13.8 Å². The number of aromatic amines is 2. The van der Waals surface area contributed by atoms with Crippen molar-refractivity contribution in [3.8, 4) is 11.4 Å². The lowest BCUT2D eigenvalue weighted by Crippen LogP contribution is -2.14. The predicted molar refractivity (Wildman–Crippen MR) is 107 cm³/mol. The van der Waals surface area contributed by atoms with Gasteiger partial charge in [-0.3, -0.25) is 9.89 Å². The average molecular weight is 397 g/mol. The lowest BCUT2D eigenvalue weighted by Gasteiger charge is -2.07. The summed E-state index contributed by atoms with van der Waals surface area (Å²) in [5, 5.41) is 9.81. The van der Waals surface area contributed by atoms with Crippen molar-refractivity contribution in [3.63, 3.8) is 0 Å². The monoisotopic (exact) mass is 397 g/mol. The first kappa shape index (κ1) is 20.3. The lowest BCUT2D eigenvalue weighted by atomic mass is 10.1. The van der Waals surface area contributed by atoms with Crippen molar-refractivity contribution in [1.82, 2.24) is 20.2 Å². The van der Waals surface area contributed by atoms with Gasteiger partial charge in [0.05, 0.1) is 12.2 Å². The number of H-pyrrole nitrogens is 2. The van der Waals surface area contributed by atoms with E-state index in [-0.39, 0.29) is 12.5 Å². The van der Waals surface area contributed by atoms with Gasteiger partial charge in [0.15, 0.2) is 11.6 Å². The molecular formula is C20H23N5O4. The van der Waals surface area contributed by atoms with Gasteiger partial charge in [0.2, 0.25) is 0 Å². The molecule has 0 bridgehead atoms. The number of hydrogen-bond acceptors (Lipinski definition) is 6. The number of anilines is 1. The fourth-order valence-corrected chi connectivity index (χ4v) is 3.02. The molecule has 3 aromatic rings. The van der Waals surface area contributed by atoms with Crippen LogP contribution in [0.2, 0.25) is 0 Å². The van der Waals surface area contributed by atoms with Crippen molar-refractivity contribution in [2.24, 2.45) is 0 Å². The molecule has 9 heteroatoms. The van der Waals surface area contributed by atoms with Crippen molar-refractivity contribution >= 4 is 17.6 Å². The van der Waals surface area contributed by atoms with Crippen molar-refractivity contribution in [2.75, 3.05) is 19.0 Å². The maximum absolute atomic E-state index is 12.8. The van der Waals surface area contributed by atoms with E-state index in [1.54, 1.807) is 40.0 Å². The van der Waals surface area contributed by atoms with Crippen LogP contribution < -0.4 is 5.32 Å². The number of aromatic nitrogens is 4. The largest absolute Gasteiger partial charge is 0.461 e. The third-order valence-corrected chi connectivity index (χ3v) is 4.36. The smallest absolute Gasteiger partial charge is 0.355 e. The van der Waals surface area contributed by atoms with Gasteiger partial charge in [0, 0.05) is 24.1 Å². The van der Waals surface area contributed by atoms with E-state index in [0.29, 0.717) is 46.5 Å². The van der Waals surface area contributed by atoms with E-state index in [0.717, 1.165) is 5.56 Å². The van der Waals surface area contributed by atoms with Gasteiger partial charge in [-0.1, -0.05) is 0 Å². The summed E-state index contributed by atoms with van der Waals surface area (Å²) in [5.74, 6) is 0.401. The molecule has 0 atom stereocenters. The van der Waals surface area contributed by atoms with Gasteiger partial charge < -0.3 is 19.8 Å². The highest BCUT2D eigenvalue weighted by Crippen LogP contribution is 2.22. The molecule has 0 spiro atoms. The molecule has 0 fully saturated rings. The summed E-state index contributed by atoms with van der Waals surface area (Å²) < 4.78 is 10.0. The molecule has 1 amide bonds. The number of carbonyl (C=O) groups is 2. The number of benzene rings is 1. The highest BCUT2D eigenvalue weighted by atomic mass is 16.5. The van der Waals surface area contributed by atoms with Crippen molar-refractivity contribution < 1.29 is 19.1 Å². The fourth-order valence-electron chi connectivity index (χ4n) is 3.02. The summed E-state index contributed by atoms with van der Waals surface area (Å²) in [6.45, 7) is 5.81. The second-order valence-electron chi connectivity index (χ2n) is 6.42. The van der Waals surface area contributed by atoms with Gasteiger partial charge in [0.1, 0.15) is 12.3 Å². The molecule has 0 aliphatic heterocycles. The van der Waals surface area contributed by atoms with E-state index in [4.69, 9.17) is 9.47 Å². The molecule has 3 N–H and O–H groups in total. The Kier molecular flexibility index (Phi) is 6.08. The van der Waals surface area contributed by atoms with E-state index in [2.05, 4.69) is 25.5 Å². The van der Waals surface area contributed by atoms with E-state index in [1.807, 2.05) is 12.1 Å². The SMILES string of the molecule is CCOC(=O)c1[nH]c(C)c(C(=O)Nc2ccc(-c3n[nH]c(COC)n3)cc2)c1C. The predicted octanol–water partition coefficient (Wildman–Crippen LogP) is 2.99. The zero-order valence-corrected chi connectivity index (χ0v) is 16.8. The van der Waals surface area contributed by atoms with Crippen LogP contribution in [0.1, 0.15) is 44.9 Å². The van der Waals surface area contributed by atoms with Crippen LogP contribution in [0.3, 0.4) is 0 Å². The first-order chi connectivity index (χ1) is 13.9. The van der Waals surface area contributed by atoms with E-state index < -0.39 is 5.97 Å². The average Bonchev–Trinajstić information content (AvgIpc) is 3.27. The first-order valence-corrected chi connectivity index (χ1v) is 9.12. The number of nitrogens with zero attached hydrogens (tertiary/aromatic N) is 2. The van der Waals surface area contributed by atoms with E-state index in [9.17, 15) is 9.59 Å². The molecule has 0 aliphatic rings. The lowest BCUT2D eigenvalue weighted by molar-refractivity contribution is 0.0519. The van der Waals surface area contributed by atoms with Crippen LogP contribution in [-0.4, -0.2) is 45.8 Å². The van der Waals surface area contributed by atoms with Gasteiger partial charge in [0.25, 0.3) is 5.91 Å². The summed E-state index contributed by atoms with van der Waals surface area (Å²) in [6.07, 6.45) is 0. The highest BCUT2D eigenvalue weighted by molar-refractivity contribution is 6.08. The molecule has 0 saturated heterocycles. The number of hydrogen-bond donors (Lipinski definition) is 3. The number of methoxy groups -OCH3 is 1. The number of esters is 1. The number of rotatable bonds is 7. The topological polar surface area (TPSA) is 122 Å². The van der Waals surface area contributed by atoms with Crippen LogP contribution in [0.5, 0.6) is 0 Å². The zero-order chi connectivity index (χ0) is 21.0. The van der Waals surface area contributed by atoms with Gasteiger partial charge in [-0.15, -0.1) is 0 Å². The molecule has 0 unspecified atom stereocenters. The quantitative estimate of drug-likeness (QED) is 0.527. The maximum atomic E-state index is 12.8. The van der Waals surface area contributed by atoms with Crippen molar-refractivity contribution in [2.45, 2.75) is 27.4 Å². The minimum Gasteiger partial charge on any atom is -0.461 e. The number of carbonyl (C=O) groups excluding carboxylic acids is 2. The summed E-state index contributed by atoms with van der Waals surface area (Å²) in [4.78, 5) is 32.1. The van der Waals surface area contributed by atoms with Gasteiger partial charge in [-0.2, -0.15) is 5.10 Å². The highest BCUT2D eigenvalue weighted by Gasteiger charge is 2.22. The number of ether oxygens (including phenoxy) is 2. The van der Waals surface area contributed by atoms with Gasteiger partial charge in [-0.25, -0.2) is 9.78 Å². The third kappa shape index (κ3) is 4.35. The van der Waals surface area contributed by atoms with Crippen LogP contribution in [-0.2, 0) is 16.1 Å². The Morgan fingerprint density at radius 2 is 1.90 bits per heavy atom. The zero-order valence-electron chi connectivity index (χ0n) is 16.8. The fraction of sp³-hybridized carbons (Fsp3) is 0.300. The minimum absolute atomic E-state index is 0.266. The first-order valence-electron chi connectivity index (χ1n) is 9.12. The Morgan fingerprint density at radius 1 is 1.17 bits per heavy atom. The minimum atomic E-state index is -0.476. The second kappa shape index (κ2) is 8.70. The van der Waals surface area contributed by atoms with Crippen LogP contribution >= 0.6 is 0 Å². The Bertz CT molecular complexity index is 1020. The molecule has 29 heavy (non-hydrogen) atoms. The molecule has 152 valence electrons. The third-order valence-electron chi connectivity index (χ3n) is 4.36. The molecule has 2 heterocycles. The molecule has 0 saturated carbocycles. The van der Waals surface area contributed by atoms with Crippen molar-refractivity contribution in [3.05, 3.63) is 52.6 Å². The molecule has 9 nitrogen and oxygen atoms in total. The van der Waals surface area contributed by atoms with Gasteiger partial charge >= 0.3 is 5.97 Å². The number of nitrogens with one attached hydrogen (secondary N) is 3. The molecular weight excluding hydrogens is 374 g/mol. The normalized spacial score (nSPS) is 10.8. The molecule has 2 aromatic heterocycles. The molecule has 0 radical (unpaired) electrons. The Labute approximate surface area is 167 Å². The number of amides is 1. The molecule has 1 aromatic carbocycles. The van der Waals surface area contributed by atoms with Gasteiger partial charge in [-0.05, 0) is 50.6 Å². The standard InChI is InChI=1S/C20H23N5O4/c1-5-29-20(27)17-11(2)16(12(3)21-17)19(26)22-14-8-6-13(7-9-14)18-23-15(10-28-4)24-25-18/h6-9,21H,5,10H2,1-4H3,(H,22,26)(H,23,24,25). The Balaban J connectivity index is 1.75.